The minimum atomic E-state index is -0.692. The van der Waals surface area contributed by atoms with Crippen molar-refractivity contribution in [3.05, 3.63) is 36.3 Å². The predicted octanol–water partition coefficient (Wildman–Crippen LogP) is 1.56. The number of carbonyl (C=O) groups is 1. The van der Waals surface area contributed by atoms with E-state index in [0.29, 0.717) is 19.4 Å². The Morgan fingerprint density at radius 3 is 2.83 bits per heavy atom. The van der Waals surface area contributed by atoms with Gasteiger partial charge in [-0.2, -0.15) is 0 Å². The second-order valence-corrected chi connectivity index (χ2v) is 5.36. The van der Waals surface area contributed by atoms with E-state index >= 15 is 0 Å². The summed E-state index contributed by atoms with van der Waals surface area (Å²) >= 11 is 0. The summed E-state index contributed by atoms with van der Waals surface area (Å²) in [7, 11) is 1.61. The summed E-state index contributed by atoms with van der Waals surface area (Å²) in [5, 5.41) is 6.24. The highest BCUT2D eigenvalue weighted by molar-refractivity contribution is 5.86. The van der Waals surface area contributed by atoms with Gasteiger partial charge in [-0.05, 0) is 43.6 Å². The normalized spacial score (nSPS) is 16.2. The van der Waals surface area contributed by atoms with Crippen LogP contribution in [-0.2, 0) is 16.1 Å². The van der Waals surface area contributed by atoms with Crippen molar-refractivity contribution in [1.82, 2.24) is 20.0 Å². The second kappa shape index (κ2) is 8.49. The van der Waals surface area contributed by atoms with E-state index < -0.39 is 5.60 Å². The smallest absolute Gasteiger partial charge is 0.252 e. The van der Waals surface area contributed by atoms with Gasteiger partial charge < -0.3 is 19.8 Å². The fraction of sp³-hybridized carbons (Fsp3) is 0.467. The van der Waals surface area contributed by atoms with Crippen LogP contribution >= 0.6 is 24.8 Å². The molecule has 0 bridgehead atoms. The van der Waals surface area contributed by atoms with Crippen molar-refractivity contribution in [1.29, 1.82) is 0 Å². The Hall–Kier alpha value is -1.34. The number of amides is 1. The molecule has 1 fully saturated rings. The van der Waals surface area contributed by atoms with Gasteiger partial charge in [-0.15, -0.1) is 24.8 Å². The largest absolute Gasteiger partial charge is 0.368 e. The maximum absolute atomic E-state index is 12.5. The van der Waals surface area contributed by atoms with Crippen molar-refractivity contribution >= 4 is 36.4 Å². The Bertz CT molecular complexity index is 641. The fourth-order valence-corrected chi connectivity index (χ4v) is 2.76. The number of pyridine rings is 1. The van der Waals surface area contributed by atoms with Crippen LogP contribution in [0.5, 0.6) is 0 Å². The number of fused-ring (bicyclic) bond motifs is 1. The van der Waals surface area contributed by atoms with Crippen LogP contribution < -0.4 is 10.6 Å². The standard InChI is InChI=1S/C15H20N4O2.2ClH/c1-21-15(3-5-16-6-4-15)14(20)18-11-12-2-8-19-9-7-17-13(19)10-12;;/h2,7-10,16H,3-6,11H2,1H3,(H,18,20);2*1H. The van der Waals surface area contributed by atoms with Crippen LogP contribution in [0.15, 0.2) is 30.7 Å². The number of nitrogens with zero attached hydrogens (tertiary/aromatic N) is 2. The highest BCUT2D eigenvalue weighted by atomic mass is 35.5. The van der Waals surface area contributed by atoms with Crippen molar-refractivity contribution < 1.29 is 9.53 Å². The van der Waals surface area contributed by atoms with Gasteiger partial charge in [0.05, 0.1) is 0 Å². The molecule has 0 saturated carbocycles. The van der Waals surface area contributed by atoms with Crippen molar-refractivity contribution in [2.75, 3.05) is 20.2 Å². The molecule has 1 aliphatic rings. The lowest BCUT2D eigenvalue weighted by Gasteiger charge is -2.34. The van der Waals surface area contributed by atoms with Crippen LogP contribution in [-0.4, -0.2) is 41.1 Å². The van der Waals surface area contributed by atoms with E-state index in [1.165, 1.54) is 0 Å². The number of methoxy groups -OCH3 is 1. The van der Waals surface area contributed by atoms with E-state index in [4.69, 9.17) is 4.74 Å². The molecule has 2 aromatic heterocycles. The van der Waals surface area contributed by atoms with Gasteiger partial charge in [0.25, 0.3) is 5.91 Å². The van der Waals surface area contributed by atoms with Gasteiger partial charge in [0, 0.05) is 32.2 Å². The van der Waals surface area contributed by atoms with Gasteiger partial charge in [-0.1, -0.05) is 0 Å². The zero-order chi connectivity index (χ0) is 14.7. The third-order valence-electron chi connectivity index (χ3n) is 4.13. The summed E-state index contributed by atoms with van der Waals surface area (Å²) in [4.78, 5) is 16.7. The van der Waals surface area contributed by atoms with E-state index in [1.807, 2.05) is 28.9 Å². The van der Waals surface area contributed by atoms with Gasteiger partial charge in [0.15, 0.2) is 0 Å². The average Bonchev–Trinajstić information content (AvgIpc) is 3.00. The molecule has 6 nitrogen and oxygen atoms in total. The number of carbonyl (C=O) groups excluding carboxylic acids is 1. The second-order valence-electron chi connectivity index (χ2n) is 5.36. The van der Waals surface area contributed by atoms with E-state index in [1.54, 1.807) is 13.3 Å². The molecule has 0 spiro atoms. The maximum atomic E-state index is 12.5. The molecule has 1 amide bonds. The minimum Gasteiger partial charge on any atom is -0.368 e. The predicted molar refractivity (Wildman–Crippen MR) is 93.4 cm³/mol. The molecule has 2 aromatic rings. The number of ether oxygens (including phenoxy) is 1. The third-order valence-corrected chi connectivity index (χ3v) is 4.13. The number of aromatic nitrogens is 2. The average molecular weight is 361 g/mol. The van der Waals surface area contributed by atoms with Gasteiger partial charge in [0.2, 0.25) is 0 Å². The molecular formula is C15H22Cl2N4O2. The molecule has 0 aromatic carbocycles. The highest BCUT2D eigenvalue weighted by Crippen LogP contribution is 2.22. The quantitative estimate of drug-likeness (QED) is 0.868. The monoisotopic (exact) mass is 360 g/mol. The van der Waals surface area contributed by atoms with Crippen LogP contribution in [0.1, 0.15) is 18.4 Å². The lowest BCUT2D eigenvalue weighted by molar-refractivity contribution is -0.146. The molecule has 3 heterocycles. The first-order chi connectivity index (χ1) is 10.2. The molecule has 2 N–H and O–H groups in total. The molecule has 1 saturated heterocycles. The summed E-state index contributed by atoms with van der Waals surface area (Å²) in [6.45, 7) is 2.10. The first-order valence-corrected chi connectivity index (χ1v) is 7.19. The lowest BCUT2D eigenvalue weighted by atomic mass is 9.91. The van der Waals surface area contributed by atoms with Crippen molar-refractivity contribution in [2.45, 2.75) is 25.0 Å². The Balaban J connectivity index is 0.00000132. The van der Waals surface area contributed by atoms with E-state index in [9.17, 15) is 4.79 Å². The van der Waals surface area contributed by atoms with Crippen LogP contribution in [0.25, 0.3) is 5.65 Å². The summed E-state index contributed by atoms with van der Waals surface area (Å²) < 4.78 is 7.46. The Morgan fingerprint density at radius 1 is 1.39 bits per heavy atom. The number of imidazole rings is 1. The molecule has 0 radical (unpaired) electrons. The molecular weight excluding hydrogens is 339 g/mol. The van der Waals surface area contributed by atoms with E-state index in [-0.39, 0.29) is 30.7 Å². The third kappa shape index (κ3) is 4.14. The van der Waals surface area contributed by atoms with Crippen molar-refractivity contribution in [2.24, 2.45) is 0 Å². The van der Waals surface area contributed by atoms with Crippen molar-refractivity contribution in [3.63, 3.8) is 0 Å². The fourth-order valence-electron chi connectivity index (χ4n) is 2.76. The summed E-state index contributed by atoms with van der Waals surface area (Å²) in [5.41, 5.74) is 1.22. The first kappa shape index (κ1) is 19.7. The van der Waals surface area contributed by atoms with E-state index in [2.05, 4.69) is 15.6 Å². The summed E-state index contributed by atoms with van der Waals surface area (Å²) in [6, 6.07) is 3.96. The Morgan fingerprint density at radius 2 is 2.13 bits per heavy atom. The first-order valence-electron chi connectivity index (χ1n) is 7.19. The van der Waals surface area contributed by atoms with Gasteiger partial charge in [0.1, 0.15) is 11.2 Å². The minimum absolute atomic E-state index is 0. The lowest BCUT2D eigenvalue weighted by Crippen LogP contribution is -2.53. The Labute approximate surface area is 147 Å². The summed E-state index contributed by atoms with van der Waals surface area (Å²) in [5.74, 6) is -0.0327. The van der Waals surface area contributed by atoms with Crippen LogP contribution in [0.3, 0.4) is 0 Å². The molecule has 128 valence electrons. The van der Waals surface area contributed by atoms with Crippen LogP contribution in [0.2, 0.25) is 0 Å². The SMILES string of the molecule is COC1(C(=O)NCc2ccn3ccnc3c2)CCNCC1.Cl.Cl. The molecule has 3 rings (SSSR count). The molecule has 1 aliphatic heterocycles. The van der Waals surface area contributed by atoms with E-state index in [0.717, 1.165) is 24.3 Å². The van der Waals surface area contributed by atoms with Crippen molar-refractivity contribution in [3.8, 4) is 0 Å². The molecule has 8 heteroatoms. The molecule has 0 atom stereocenters. The van der Waals surface area contributed by atoms with Crippen LogP contribution in [0.4, 0.5) is 0 Å². The number of halogens is 2. The summed E-state index contributed by atoms with van der Waals surface area (Å²) in [6.07, 6.45) is 7.00. The maximum Gasteiger partial charge on any atom is 0.252 e. The zero-order valence-corrected chi connectivity index (χ0v) is 14.6. The number of hydrogen-bond donors (Lipinski definition) is 2. The number of rotatable bonds is 4. The zero-order valence-electron chi connectivity index (χ0n) is 12.9. The van der Waals surface area contributed by atoms with Gasteiger partial charge in [-0.3, -0.25) is 4.79 Å². The number of nitrogens with one attached hydrogen (secondary N) is 2. The van der Waals surface area contributed by atoms with Gasteiger partial charge in [-0.25, -0.2) is 4.98 Å². The number of piperidine rings is 1. The topological polar surface area (TPSA) is 67.7 Å². The molecule has 0 unspecified atom stereocenters. The highest BCUT2D eigenvalue weighted by Gasteiger charge is 2.39. The molecule has 0 aliphatic carbocycles. The Kier molecular flexibility index (Phi) is 7.28. The van der Waals surface area contributed by atoms with Gasteiger partial charge >= 0.3 is 0 Å². The van der Waals surface area contributed by atoms with Crippen LogP contribution in [0, 0.1) is 0 Å². The number of hydrogen-bond acceptors (Lipinski definition) is 4. The molecule has 23 heavy (non-hydrogen) atoms.